The Kier molecular flexibility index (Phi) is 6.97. The Morgan fingerprint density at radius 2 is 2.17 bits per heavy atom. The number of aliphatic hydroxyl groups is 1. The number of allylic oxidation sites excluding steroid dienone is 1. The third-order valence-corrected chi connectivity index (χ3v) is 4.07. The highest BCUT2D eigenvalue weighted by Crippen LogP contribution is 2.25. The molecule has 0 saturated carbocycles. The van der Waals surface area contributed by atoms with Crippen molar-refractivity contribution in [1.82, 2.24) is 0 Å². The molecule has 0 spiro atoms. The van der Waals surface area contributed by atoms with Crippen molar-refractivity contribution in [3.63, 3.8) is 0 Å². The number of hydrogen-bond donors (Lipinski definition) is 1. The van der Waals surface area contributed by atoms with Crippen LogP contribution in [0.1, 0.15) is 43.5 Å². The van der Waals surface area contributed by atoms with E-state index in [-0.39, 0.29) is 12.2 Å². The van der Waals surface area contributed by atoms with Crippen LogP contribution < -0.4 is 0 Å². The van der Waals surface area contributed by atoms with Gasteiger partial charge in [0.1, 0.15) is 12.2 Å². The first-order chi connectivity index (χ1) is 11.5. The summed E-state index contributed by atoms with van der Waals surface area (Å²) in [7, 11) is 0. The zero-order chi connectivity index (χ0) is 17.5. The predicted octanol–water partition coefficient (Wildman–Crippen LogP) is 3.08. The number of aliphatic hydroxyl groups excluding tert-OH is 1. The lowest BCUT2D eigenvalue weighted by atomic mass is 10.0. The van der Waals surface area contributed by atoms with Crippen LogP contribution in [-0.4, -0.2) is 41.8 Å². The molecule has 1 N–H and O–H groups in total. The monoisotopic (exact) mass is 334 g/mol. The molecule has 1 heterocycles. The normalized spacial score (nSPS) is 28.1. The maximum Gasteiger partial charge on any atom is 0.338 e. The summed E-state index contributed by atoms with van der Waals surface area (Å²) in [4.78, 5) is 12.1. The molecule has 0 bridgehead atoms. The van der Waals surface area contributed by atoms with Gasteiger partial charge in [0, 0.05) is 6.42 Å². The summed E-state index contributed by atoms with van der Waals surface area (Å²) in [6.07, 6.45) is 1.35. The van der Waals surface area contributed by atoms with Crippen LogP contribution in [0.4, 0.5) is 0 Å². The average molecular weight is 334 g/mol. The SMILES string of the molecule is C=CCC[C@@H](C)O[C@@H]1OC(C)[C@H](OC(=O)c2ccccc2)C[C@@H]1O. The molecule has 132 valence electrons. The van der Waals surface area contributed by atoms with Gasteiger partial charge in [0.15, 0.2) is 6.29 Å². The number of esters is 1. The van der Waals surface area contributed by atoms with Gasteiger partial charge in [-0.1, -0.05) is 24.3 Å². The fourth-order valence-electron chi connectivity index (χ4n) is 2.63. The van der Waals surface area contributed by atoms with E-state index in [0.29, 0.717) is 12.0 Å². The molecule has 0 aliphatic carbocycles. The fourth-order valence-corrected chi connectivity index (χ4v) is 2.63. The Morgan fingerprint density at radius 3 is 2.83 bits per heavy atom. The molecule has 1 saturated heterocycles. The van der Waals surface area contributed by atoms with Gasteiger partial charge in [0.25, 0.3) is 0 Å². The molecule has 5 atom stereocenters. The van der Waals surface area contributed by atoms with Crippen molar-refractivity contribution in [2.75, 3.05) is 0 Å². The topological polar surface area (TPSA) is 65.0 Å². The lowest BCUT2D eigenvalue weighted by molar-refractivity contribution is -0.273. The summed E-state index contributed by atoms with van der Waals surface area (Å²) >= 11 is 0. The summed E-state index contributed by atoms with van der Waals surface area (Å²) < 4.78 is 17.0. The quantitative estimate of drug-likeness (QED) is 0.613. The minimum Gasteiger partial charge on any atom is -0.456 e. The van der Waals surface area contributed by atoms with Crippen LogP contribution in [0.5, 0.6) is 0 Å². The summed E-state index contributed by atoms with van der Waals surface area (Å²) in [5, 5.41) is 10.3. The molecule has 0 radical (unpaired) electrons. The van der Waals surface area contributed by atoms with E-state index in [2.05, 4.69) is 6.58 Å². The highest BCUT2D eigenvalue weighted by Gasteiger charge is 2.38. The van der Waals surface area contributed by atoms with E-state index < -0.39 is 24.5 Å². The molecular weight excluding hydrogens is 308 g/mol. The Balaban J connectivity index is 1.88. The highest BCUT2D eigenvalue weighted by atomic mass is 16.7. The van der Waals surface area contributed by atoms with Crippen LogP contribution in [0.3, 0.4) is 0 Å². The van der Waals surface area contributed by atoms with E-state index in [9.17, 15) is 9.90 Å². The average Bonchev–Trinajstić information content (AvgIpc) is 2.58. The number of benzene rings is 1. The lowest BCUT2D eigenvalue weighted by Crippen LogP contribution is -2.49. The number of carbonyl (C=O) groups is 1. The smallest absolute Gasteiger partial charge is 0.338 e. The van der Waals surface area contributed by atoms with E-state index in [1.165, 1.54) is 0 Å². The van der Waals surface area contributed by atoms with Crippen LogP contribution in [0.25, 0.3) is 0 Å². The van der Waals surface area contributed by atoms with Gasteiger partial charge in [-0.15, -0.1) is 6.58 Å². The van der Waals surface area contributed by atoms with Crippen molar-refractivity contribution in [1.29, 1.82) is 0 Å². The van der Waals surface area contributed by atoms with Crippen LogP contribution in [-0.2, 0) is 14.2 Å². The van der Waals surface area contributed by atoms with E-state index in [0.717, 1.165) is 12.8 Å². The fraction of sp³-hybridized carbons (Fsp3) is 0.526. The molecule has 1 aliphatic rings. The van der Waals surface area contributed by atoms with Gasteiger partial charge in [0.05, 0.1) is 17.8 Å². The van der Waals surface area contributed by atoms with Gasteiger partial charge >= 0.3 is 5.97 Å². The van der Waals surface area contributed by atoms with Crippen molar-refractivity contribution in [3.05, 3.63) is 48.6 Å². The number of ether oxygens (including phenoxy) is 3. The zero-order valence-electron chi connectivity index (χ0n) is 14.3. The molecule has 1 aliphatic heterocycles. The summed E-state index contributed by atoms with van der Waals surface area (Å²) in [6.45, 7) is 7.44. The number of carbonyl (C=O) groups excluding carboxylic acids is 1. The largest absolute Gasteiger partial charge is 0.456 e. The van der Waals surface area contributed by atoms with E-state index in [4.69, 9.17) is 14.2 Å². The Hall–Kier alpha value is -1.69. The first-order valence-corrected chi connectivity index (χ1v) is 8.37. The second-order valence-electron chi connectivity index (χ2n) is 6.14. The van der Waals surface area contributed by atoms with Crippen LogP contribution in [0.2, 0.25) is 0 Å². The molecule has 24 heavy (non-hydrogen) atoms. The number of rotatable bonds is 7. The van der Waals surface area contributed by atoms with Crippen molar-refractivity contribution in [2.24, 2.45) is 0 Å². The molecule has 1 unspecified atom stereocenters. The summed E-state index contributed by atoms with van der Waals surface area (Å²) in [5.74, 6) is -0.415. The minimum atomic E-state index is -0.832. The van der Waals surface area contributed by atoms with Crippen LogP contribution >= 0.6 is 0 Å². The molecule has 1 aromatic carbocycles. The summed E-state index contributed by atoms with van der Waals surface area (Å²) in [6, 6.07) is 8.78. The second kappa shape index (κ2) is 8.97. The summed E-state index contributed by atoms with van der Waals surface area (Å²) in [5.41, 5.74) is 0.482. The number of hydrogen-bond acceptors (Lipinski definition) is 5. The maximum absolute atomic E-state index is 12.1. The van der Waals surface area contributed by atoms with Crippen LogP contribution in [0.15, 0.2) is 43.0 Å². The molecule has 2 rings (SSSR count). The van der Waals surface area contributed by atoms with Crippen molar-refractivity contribution in [2.45, 2.75) is 63.8 Å². The molecule has 1 fully saturated rings. The zero-order valence-corrected chi connectivity index (χ0v) is 14.3. The molecule has 5 heteroatoms. The van der Waals surface area contributed by atoms with Gasteiger partial charge in [-0.2, -0.15) is 0 Å². The van der Waals surface area contributed by atoms with Gasteiger partial charge in [-0.05, 0) is 38.8 Å². The highest BCUT2D eigenvalue weighted by molar-refractivity contribution is 5.89. The predicted molar refractivity (Wildman–Crippen MR) is 90.6 cm³/mol. The lowest BCUT2D eigenvalue weighted by Gasteiger charge is -2.38. The Bertz CT molecular complexity index is 530. The van der Waals surface area contributed by atoms with Gasteiger partial charge in [-0.3, -0.25) is 0 Å². The van der Waals surface area contributed by atoms with E-state index in [1.807, 2.05) is 26.0 Å². The minimum absolute atomic E-state index is 0.0433. The van der Waals surface area contributed by atoms with E-state index >= 15 is 0 Å². The van der Waals surface area contributed by atoms with Gasteiger partial charge in [-0.25, -0.2) is 4.79 Å². The molecule has 1 aromatic rings. The van der Waals surface area contributed by atoms with Crippen molar-refractivity contribution < 1.29 is 24.1 Å². The van der Waals surface area contributed by atoms with Gasteiger partial charge in [0.2, 0.25) is 0 Å². The maximum atomic E-state index is 12.1. The van der Waals surface area contributed by atoms with Crippen molar-refractivity contribution in [3.8, 4) is 0 Å². The molecule has 0 aromatic heterocycles. The molecule has 5 nitrogen and oxygen atoms in total. The third-order valence-electron chi connectivity index (χ3n) is 4.07. The molecular formula is C19H26O5. The van der Waals surface area contributed by atoms with Gasteiger partial charge < -0.3 is 19.3 Å². The van der Waals surface area contributed by atoms with Crippen molar-refractivity contribution >= 4 is 5.97 Å². The van der Waals surface area contributed by atoms with E-state index in [1.54, 1.807) is 24.3 Å². The Morgan fingerprint density at radius 1 is 1.46 bits per heavy atom. The standard InChI is InChI=1S/C19H26O5/c1-4-5-9-13(2)22-19-16(20)12-17(14(3)23-19)24-18(21)15-10-7-6-8-11-15/h4,6-8,10-11,13-14,16-17,19-20H,1,5,9,12H2,2-3H3/t13-,14?,16+,17-,19-/m1/s1. The molecule has 0 amide bonds. The first kappa shape index (κ1) is 18.6. The second-order valence-corrected chi connectivity index (χ2v) is 6.14. The third kappa shape index (κ3) is 5.16. The van der Waals surface area contributed by atoms with Crippen LogP contribution in [0, 0.1) is 0 Å². The Labute approximate surface area is 143 Å². The first-order valence-electron chi connectivity index (χ1n) is 8.37.